The van der Waals surface area contributed by atoms with Gasteiger partial charge in [-0.1, -0.05) is 78.1 Å². The lowest BCUT2D eigenvalue weighted by atomic mass is 9.53. The van der Waals surface area contributed by atoms with Crippen molar-refractivity contribution < 1.29 is 39.2 Å². The number of phenols is 3. The molecule has 2 aromatic heterocycles. The maximum atomic E-state index is 14.8. The number of H-pyrrole nitrogens is 1. The Bertz CT molecular complexity index is 3120. The molecule has 12 nitrogen and oxygen atoms in total. The molecule has 5 aromatic rings. The van der Waals surface area contributed by atoms with Gasteiger partial charge in [0.25, 0.3) is 0 Å². The number of nitrogens with zero attached hydrogens (tertiary/aromatic N) is 2. The monoisotopic (exact) mass is 938 g/mol. The first kappa shape index (κ1) is 46.1. The van der Waals surface area contributed by atoms with Crippen molar-refractivity contribution >= 4 is 34.0 Å². The Labute approximate surface area is 407 Å². The van der Waals surface area contributed by atoms with Crippen LogP contribution in [0.4, 0.5) is 5.69 Å². The molecule has 7 unspecified atom stereocenters. The standard InChI is InChI=1S/C58H58N4O8/c1-35(63)21-24-62-51-18-5-10-39-33-61(34-49(39)51)52(40-26-53(67)57(68)54(27-40)69-3)30-44(66)29-45(70-36(2)64)19-22-58-41-11-6-12-42(58)14-8-17-50(58)48-32-59-31-47(48)46(16-7-13-41)56(37-9-4-15-43(65)25-37)38-20-23-60-55(62)28-38/h4-6,8-12,15,17-18,20,25-28,31-34,42,45-46,50,52,56,59-60,65,67-68H,13-14,19,21-24,29-30H2,1-3H3. The van der Waals surface area contributed by atoms with Crippen LogP contribution < -0.4 is 15.0 Å². The molecule has 3 aromatic carbocycles. The number of dihydropyridines is 1. The number of methoxy groups -OCH3 is 1. The Morgan fingerprint density at radius 3 is 2.63 bits per heavy atom. The molecule has 5 N–H and O–H groups in total. The van der Waals surface area contributed by atoms with E-state index in [2.05, 4.69) is 88.0 Å². The summed E-state index contributed by atoms with van der Waals surface area (Å²) in [6.45, 7) is 3.81. The van der Waals surface area contributed by atoms with Crippen LogP contribution in [0.25, 0.3) is 10.8 Å². The normalized spacial score (nSPS) is 25.1. The van der Waals surface area contributed by atoms with E-state index in [0.717, 1.165) is 51.0 Å². The van der Waals surface area contributed by atoms with Gasteiger partial charge in [0.2, 0.25) is 5.75 Å². The van der Waals surface area contributed by atoms with E-state index in [9.17, 15) is 29.7 Å². The smallest absolute Gasteiger partial charge is 0.302 e. The number of anilines is 1. The van der Waals surface area contributed by atoms with E-state index in [1.807, 2.05) is 47.3 Å². The summed E-state index contributed by atoms with van der Waals surface area (Å²) in [4.78, 5) is 46.2. The third-order valence-corrected chi connectivity index (χ3v) is 15.1. The van der Waals surface area contributed by atoms with Gasteiger partial charge in [0.1, 0.15) is 29.2 Å². The third-order valence-electron chi connectivity index (χ3n) is 15.1. The van der Waals surface area contributed by atoms with Crippen LogP contribution in [0, 0.1) is 23.2 Å². The zero-order valence-corrected chi connectivity index (χ0v) is 39.7. The maximum Gasteiger partial charge on any atom is 0.302 e. The number of allylic oxidation sites excluding steroid dienone is 8. The highest BCUT2D eigenvalue weighted by Crippen LogP contribution is 2.60. The van der Waals surface area contributed by atoms with Gasteiger partial charge in [-0.3, -0.25) is 14.4 Å². The highest BCUT2D eigenvalue weighted by molar-refractivity contribution is 5.95. The van der Waals surface area contributed by atoms with E-state index in [1.165, 1.54) is 25.7 Å². The lowest BCUT2D eigenvalue weighted by molar-refractivity contribution is -0.148. The molecule has 0 radical (unpaired) electrons. The molecule has 0 amide bonds. The summed E-state index contributed by atoms with van der Waals surface area (Å²) in [7, 11) is 1.40. The van der Waals surface area contributed by atoms with Crippen LogP contribution in [0.3, 0.4) is 0 Å². The van der Waals surface area contributed by atoms with Crippen LogP contribution in [-0.4, -0.2) is 68.7 Å². The first-order chi connectivity index (χ1) is 33.9. The molecule has 1 spiro atoms. The van der Waals surface area contributed by atoms with Crippen molar-refractivity contribution in [3.8, 4) is 34.8 Å². The summed E-state index contributed by atoms with van der Waals surface area (Å²) >= 11 is 0. The summed E-state index contributed by atoms with van der Waals surface area (Å²) < 4.78 is 13.5. The number of ketones is 2. The van der Waals surface area contributed by atoms with E-state index < -0.39 is 29.3 Å². The van der Waals surface area contributed by atoms with Crippen LogP contribution in [0.15, 0.2) is 139 Å². The quantitative estimate of drug-likeness (QED) is 0.0459. The van der Waals surface area contributed by atoms with Crippen LogP contribution in [0.1, 0.15) is 105 Å². The number of fused-ring (bicyclic) bond motifs is 2. The molecule has 70 heavy (non-hydrogen) atoms. The molecule has 10 rings (SSSR count). The molecule has 0 fully saturated rings. The van der Waals surface area contributed by atoms with E-state index >= 15 is 0 Å². The first-order valence-corrected chi connectivity index (χ1v) is 24.2. The summed E-state index contributed by atoms with van der Waals surface area (Å²) in [5, 5.41) is 38.2. The summed E-state index contributed by atoms with van der Waals surface area (Å²) in [5.41, 5.74) is 6.17. The average molecular weight is 939 g/mol. The number of ether oxygens (including phenoxy) is 2. The summed E-state index contributed by atoms with van der Waals surface area (Å²) in [6.07, 6.45) is 25.5. The predicted molar refractivity (Wildman–Crippen MR) is 269 cm³/mol. The van der Waals surface area contributed by atoms with Crippen LogP contribution in [0.5, 0.6) is 23.0 Å². The van der Waals surface area contributed by atoms with E-state index in [4.69, 9.17) is 9.47 Å². The minimum Gasteiger partial charge on any atom is -0.508 e. The summed E-state index contributed by atoms with van der Waals surface area (Å²) in [6, 6.07) is 15.8. The second-order valence-corrected chi connectivity index (χ2v) is 19.3. The fourth-order valence-electron chi connectivity index (χ4n) is 12.0. The van der Waals surface area contributed by atoms with Crippen molar-refractivity contribution in [2.24, 2.45) is 11.3 Å². The highest BCUT2D eigenvalue weighted by Gasteiger charge is 2.50. The lowest BCUT2D eigenvalue weighted by Crippen LogP contribution is -2.41. The number of nitrogens with one attached hydrogen (secondary N) is 2. The highest BCUT2D eigenvalue weighted by atomic mass is 16.5. The molecule has 4 heterocycles. The number of Topliss-reactive ketones (excluding diaryl/α,β-unsaturated/α-hetero) is 2. The van der Waals surface area contributed by atoms with Gasteiger partial charge in [0, 0.05) is 98.5 Å². The van der Waals surface area contributed by atoms with Crippen molar-refractivity contribution in [3.63, 3.8) is 0 Å². The van der Waals surface area contributed by atoms with Gasteiger partial charge in [0.05, 0.1) is 24.8 Å². The molecule has 358 valence electrons. The molecule has 0 saturated carbocycles. The van der Waals surface area contributed by atoms with Crippen molar-refractivity contribution in [2.45, 2.75) is 88.7 Å². The number of esters is 1. The minimum atomic E-state index is -0.738. The lowest BCUT2D eigenvalue weighted by Gasteiger charge is -2.50. The van der Waals surface area contributed by atoms with Gasteiger partial charge >= 0.3 is 5.97 Å². The Hall–Kier alpha value is -7.65. The molecule has 3 aliphatic carbocycles. The second kappa shape index (κ2) is 19.0. The van der Waals surface area contributed by atoms with Crippen LogP contribution in [-0.2, 0) is 19.1 Å². The fourth-order valence-corrected chi connectivity index (χ4v) is 12.0. The van der Waals surface area contributed by atoms with Crippen molar-refractivity contribution in [3.05, 3.63) is 161 Å². The van der Waals surface area contributed by atoms with Crippen molar-refractivity contribution in [2.75, 3.05) is 25.1 Å². The first-order valence-electron chi connectivity index (χ1n) is 24.2. The Morgan fingerprint density at radius 2 is 1.81 bits per heavy atom. The summed E-state index contributed by atoms with van der Waals surface area (Å²) in [5.74, 6) is 6.40. The number of aromatic amines is 1. The Kier molecular flexibility index (Phi) is 12.5. The maximum absolute atomic E-state index is 14.8. The average Bonchev–Trinajstić information content (AvgIpc) is 4.01. The van der Waals surface area contributed by atoms with Gasteiger partial charge in [-0.15, -0.1) is 0 Å². The number of carbonyl (C=O) groups excluding carboxylic acids is 3. The molecular formula is C58H58N4O8. The topological polar surface area (TPSA) is 166 Å². The van der Waals surface area contributed by atoms with Gasteiger partial charge in [0.15, 0.2) is 11.5 Å². The Morgan fingerprint density at radius 1 is 0.971 bits per heavy atom. The number of phenolic OH excluding ortho intramolecular Hbond substituents is 3. The zero-order valence-electron chi connectivity index (χ0n) is 39.7. The van der Waals surface area contributed by atoms with Gasteiger partial charge in [-0.2, -0.15) is 0 Å². The van der Waals surface area contributed by atoms with Gasteiger partial charge in [-0.05, 0) is 96.3 Å². The van der Waals surface area contributed by atoms with Crippen molar-refractivity contribution in [1.82, 2.24) is 14.9 Å². The van der Waals surface area contributed by atoms with E-state index in [-0.39, 0.29) is 71.7 Å². The van der Waals surface area contributed by atoms with E-state index in [0.29, 0.717) is 37.9 Å². The largest absolute Gasteiger partial charge is 0.508 e. The number of rotatable bonds is 7. The third kappa shape index (κ3) is 8.59. The number of hydrogen-bond acceptors (Lipinski definition) is 10. The molecule has 12 heteroatoms. The molecular weight excluding hydrogens is 881 g/mol. The number of benzene rings is 3. The SMILES string of the molecule is COc1cc(C2CC(=O)CC(OC(C)=O)CCC34C5=CC=CC3CC=CC4c3c[nH]cc3C(C#CC5)C(c3cccc(O)c3)C3=CCNC(=C3)N(CCC(C)=O)c3cccc4cn2cc34)cc(O)c1O. The molecule has 5 aliphatic rings. The predicted octanol–water partition coefficient (Wildman–Crippen LogP) is 10.0. The number of carbonyl (C=O) groups is 3. The second-order valence-electron chi connectivity index (χ2n) is 19.3. The van der Waals surface area contributed by atoms with E-state index in [1.54, 1.807) is 19.1 Å². The number of aromatic nitrogens is 2. The van der Waals surface area contributed by atoms with Crippen LogP contribution >= 0.6 is 0 Å². The Balaban J connectivity index is 1.21. The van der Waals surface area contributed by atoms with Gasteiger partial charge < -0.3 is 44.6 Å². The zero-order chi connectivity index (χ0) is 48.7. The fraction of sp³-hybridized carbons (Fsp3) is 0.328. The van der Waals surface area contributed by atoms with Gasteiger partial charge in [-0.25, -0.2) is 0 Å². The number of aromatic hydroxyl groups is 3. The number of hydrogen-bond donors (Lipinski definition) is 5. The molecule has 2 aliphatic heterocycles. The molecule has 0 saturated heterocycles. The molecule has 6 bridgehead atoms. The van der Waals surface area contributed by atoms with Crippen molar-refractivity contribution in [1.29, 1.82) is 0 Å². The minimum absolute atomic E-state index is 0.0344. The van der Waals surface area contributed by atoms with Crippen LogP contribution in [0.2, 0.25) is 0 Å². The molecule has 7 atom stereocenters.